The minimum Gasteiger partial charge on any atom is -0.447 e. The summed E-state index contributed by atoms with van der Waals surface area (Å²) in [6, 6.07) is 8.95. The van der Waals surface area contributed by atoms with Gasteiger partial charge in [0, 0.05) is 47.5 Å². The SMILES string of the molecule is Cc1cc(OC(F)F)c(CNC(=O)c2c(C)n(C(C)C3CCN(C(=O)OC(C)C)CC3)c3ccccc23)c(=O)[nH]1. The molecule has 0 radical (unpaired) electrons. The Morgan fingerprint density at radius 3 is 2.45 bits per heavy atom. The Kier molecular flexibility index (Phi) is 8.80. The van der Waals surface area contributed by atoms with Crippen molar-refractivity contribution in [2.75, 3.05) is 13.1 Å². The highest BCUT2D eigenvalue weighted by atomic mass is 19.3. The first-order valence-corrected chi connectivity index (χ1v) is 13.5. The highest BCUT2D eigenvalue weighted by Gasteiger charge is 2.31. The number of aryl methyl sites for hydroxylation is 1. The van der Waals surface area contributed by atoms with E-state index < -0.39 is 18.1 Å². The van der Waals surface area contributed by atoms with Gasteiger partial charge in [0.1, 0.15) is 5.75 Å². The van der Waals surface area contributed by atoms with Crippen molar-refractivity contribution in [2.24, 2.45) is 5.92 Å². The summed E-state index contributed by atoms with van der Waals surface area (Å²) in [5.74, 6) is -0.421. The van der Waals surface area contributed by atoms with Gasteiger partial charge in [-0.05, 0) is 59.4 Å². The molecule has 0 saturated carbocycles. The molecule has 11 heteroatoms. The number of fused-ring (bicyclic) bond motifs is 1. The van der Waals surface area contributed by atoms with E-state index in [4.69, 9.17) is 4.74 Å². The molecule has 1 unspecified atom stereocenters. The predicted molar refractivity (Wildman–Crippen MR) is 147 cm³/mol. The largest absolute Gasteiger partial charge is 0.447 e. The number of pyridine rings is 1. The van der Waals surface area contributed by atoms with Crippen LogP contribution in [0.2, 0.25) is 0 Å². The van der Waals surface area contributed by atoms with E-state index in [0.717, 1.165) is 29.4 Å². The highest BCUT2D eigenvalue weighted by molar-refractivity contribution is 6.08. The van der Waals surface area contributed by atoms with Crippen LogP contribution in [0.25, 0.3) is 10.9 Å². The number of nitrogens with zero attached hydrogens (tertiary/aromatic N) is 2. The van der Waals surface area contributed by atoms with Gasteiger partial charge in [-0.2, -0.15) is 8.78 Å². The van der Waals surface area contributed by atoms with E-state index in [1.54, 1.807) is 11.8 Å². The van der Waals surface area contributed by atoms with E-state index in [1.807, 2.05) is 45.0 Å². The van der Waals surface area contributed by atoms with Gasteiger partial charge >= 0.3 is 12.7 Å². The third kappa shape index (κ3) is 6.13. The lowest BCUT2D eigenvalue weighted by Gasteiger charge is -2.36. The van der Waals surface area contributed by atoms with Gasteiger partial charge in [0.05, 0.1) is 23.8 Å². The van der Waals surface area contributed by atoms with Crippen LogP contribution in [0, 0.1) is 19.8 Å². The molecule has 216 valence electrons. The van der Waals surface area contributed by atoms with E-state index in [1.165, 1.54) is 6.07 Å². The number of aromatic amines is 1. The zero-order chi connectivity index (χ0) is 29.1. The zero-order valence-electron chi connectivity index (χ0n) is 23.4. The first-order chi connectivity index (χ1) is 19.0. The number of hydrogen-bond donors (Lipinski definition) is 2. The molecule has 1 aromatic carbocycles. The topological polar surface area (TPSA) is 106 Å². The maximum atomic E-state index is 13.5. The fourth-order valence-electron chi connectivity index (χ4n) is 5.57. The van der Waals surface area contributed by atoms with Gasteiger partial charge in [0.2, 0.25) is 0 Å². The van der Waals surface area contributed by atoms with Crippen LogP contribution in [0.1, 0.15) is 67.0 Å². The van der Waals surface area contributed by atoms with Crippen molar-refractivity contribution in [1.82, 2.24) is 19.8 Å². The smallest absolute Gasteiger partial charge is 0.410 e. The summed E-state index contributed by atoms with van der Waals surface area (Å²) in [6.07, 6.45) is 1.13. The number of halogens is 2. The molecular weight excluding hydrogens is 522 g/mol. The molecule has 3 aromatic rings. The van der Waals surface area contributed by atoms with Crippen molar-refractivity contribution in [2.45, 2.75) is 72.8 Å². The molecular formula is C29H36F2N4O5. The molecule has 2 amide bonds. The first kappa shape index (κ1) is 29.1. The van der Waals surface area contributed by atoms with E-state index in [9.17, 15) is 23.2 Å². The Balaban J connectivity index is 1.57. The number of likely N-dealkylation sites (tertiary alicyclic amines) is 1. The molecule has 4 rings (SSSR count). The number of benzene rings is 1. The molecule has 1 aliphatic rings. The Morgan fingerprint density at radius 1 is 1.12 bits per heavy atom. The van der Waals surface area contributed by atoms with Gasteiger partial charge in [0.25, 0.3) is 11.5 Å². The van der Waals surface area contributed by atoms with Crippen molar-refractivity contribution in [3.63, 3.8) is 0 Å². The Hall–Kier alpha value is -3.89. The summed E-state index contributed by atoms with van der Waals surface area (Å²) < 4.78 is 37.9. The Morgan fingerprint density at radius 2 is 1.80 bits per heavy atom. The normalized spacial score (nSPS) is 15.1. The van der Waals surface area contributed by atoms with Crippen molar-refractivity contribution in [3.8, 4) is 5.75 Å². The molecule has 3 heterocycles. The molecule has 0 aliphatic carbocycles. The number of para-hydroxylation sites is 1. The number of hydrogen-bond acceptors (Lipinski definition) is 5. The molecule has 2 N–H and O–H groups in total. The highest BCUT2D eigenvalue weighted by Crippen LogP contribution is 2.36. The van der Waals surface area contributed by atoms with E-state index in [0.29, 0.717) is 24.3 Å². The van der Waals surface area contributed by atoms with Gasteiger partial charge in [-0.25, -0.2) is 4.79 Å². The van der Waals surface area contributed by atoms with Gasteiger partial charge < -0.3 is 29.2 Å². The first-order valence-electron chi connectivity index (χ1n) is 13.5. The molecule has 1 aliphatic heterocycles. The number of piperidine rings is 1. The maximum absolute atomic E-state index is 13.5. The number of carbonyl (C=O) groups excluding carboxylic acids is 2. The van der Waals surface area contributed by atoms with Gasteiger partial charge in [-0.1, -0.05) is 18.2 Å². The summed E-state index contributed by atoms with van der Waals surface area (Å²) in [5, 5.41) is 3.49. The lowest BCUT2D eigenvalue weighted by atomic mass is 9.90. The number of ether oxygens (including phenoxy) is 2. The van der Waals surface area contributed by atoms with Crippen LogP contribution < -0.4 is 15.6 Å². The molecule has 40 heavy (non-hydrogen) atoms. The summed E-state index contributed by atoms with van der Waals surface area (Å²) in [7, 11) is 0. The summed E-state index contributed by atoms with van der Waals surface area (Å²) in [6.45, 7) is 7.02. The van der Waals surface area contributed by atoms with Crippen molar-refractivity contribution >= 4 is 22.9 Å². The second-order valence-electron chi connectivity index (χ2n) is 10.5. The van der Waals surface area contributed by atoms with Crippen molar-refractivity contribution in [3.05, 3.63) is 63.2 Å². The van der Waals surface area contributed by atoms with E-state index in [2.05, 4.69) is 26.5 Å². The zero-order valence-corrected chi connectivity index (χ0v) is 23.4. The van der Waals surface area contributed by atoms with Crippen molar-refractivity contribution in [1.29, 1.82) is 0 Å². The molecule has 1 fully saturated rings. The monoisotopic (exact) mass is 558 g/mol. The number of H-pyrrole nitrogens is 1. The van der Waals surface area contributed by atoms with Gasteiger partial charge in [-0.3, -0.25) is 9.59 Å². The predicted octanol–water partition coefficient (Wildman–Crippen LogP) is 5.30. The summed E-state index contributed by atoms with van der Waals surface area (Å²) in [5.41, 5.74) is 1.79. The van der Waals surface area contributed by atoms with Gasteiger partial charge in [-0.15, -0.1) is 0 Å². The van der Waals surface area contributed by atoms with Crippen LogP contribution in [0.5, 0.6) is 5.75 Å². The fourth-order valence-corrected chi connectivity index (χ4v) is 5.57. The average molecular weight is 559 g/mol. The molecule has 0 bridgehead atoms. The number of carbonyl (C=O) groups is 2. The lowest BCUT2D eigenvalue weighted by Crippen LogP contribution is -2.41. The Labute approximate surface area is 231 Å². The van der Waals surface area contributed by atoms with E-state index >= 15 is 0 Å². The number of alkyl halides is 2. The molecule has 1 atom stereocenters. The van der Waals surface area contributed by atoms with Crippen LogP contribution in [0.15, 0.2) is 35.1 Å². The standard InChI is InChI=1S/C29H36F2N4O5/c1-16(2)39-29(38)34-12-10-20(11-13-34)18(4)35-19(5)25(21-8-6-7-9-23(21)35)27(37)32-15-22-24(40-28(30)31)14-17(3)33-26(22)36/h6-9,14,16,18,20,28H,10-13,15H2,1-5H3,(H,32,37)(H,33,36). The number of aromatic nitrogens is 2. The van der Waals surface area contributed by atoms with Crippen LogP contribution >= 0.6 is 0 Å². The summed E-state index contributed by atoms with van der Waals surface area (Å²) >= 11 is 0. The average Bonchev–Trinajstić information content (AvgIpc) is 3.18. The minimum atomic E-state index is -3.11. The fraction of sp³-hybridized carbons (Fsp3) is 0.483. The third-order valence-electron chi connectivity index (χ3n) is 7.48. The third-order valence-corrected chi connectivity index (χ3v) is 7.48. The Bertz CT molecular complexity index is 1440. The number of amides is 2. The number of rotatable bonds is 8. The van der Waals surface area contributed by atoms with E-state index in [-0.39, 0.29) is 42.0 Å². The second-order valence-corrected chi connectivity index (χ2v) is 10.5. The minimum absolute atomic E-state index is 0.0423. The maximum Gasteiger partial charge on any atom is 0.410 e. The van der Waals surface area contributed by atoms with Crippen LogP contribution in [-0.2, 0) is 11.3 Å². The summed E-state index contributed by atoms with van der Waals surface area (Å²) in [4.78, 5) is 42.6. The quantitative estimate of drug-likeness (QED) is 0.391. The molecule has 0 spiro atoms. The van der Waals surface area contributed by atoms with Crippen molar-refractivity contribution < 1.29 is 27.8 Å². The second kappa shape index (κ2) is 12.1. The lowest BCUT2D eigenvalue weighted by molar-refractivity contribution is -0.0506. The molecule has 1 saturated heterocycles. The van der Waals surface area contributed by atoms with Crippen LogP contribution in [-0.4, -0.2) is 52.3 Å². The van der Waals surface area contributed by atoms with Crippen LogP contribution in [0.4, 0.5) is 13.6 Å². The van der Waals surface area contributed by atoms with Gasteiger partial charge in [0.15, 0.2) is 0 Å². The van der Waals surface area contributed by atoms with Crippen LogP contribution in [0.3, 0.4) is 0 Å². The molecule has 9 nitrogen and oxygen atoms in total. The molecule has 2 aromatic heterocycles. The number of nitrogens with one attached hydrogen (secondary N) is 2.